The molecule has 0 bridgehead atoms. The van der Waals surface area contributed by atoms with Crippen LogP contribution in [0, 0.1) is 12.7 Å². The van der Waals surface area contributed by atoms with Gasteiger partial charge in [-0.3, -0.25) is 4.90 Å². The number of piperazine rings is 1. The van der Waals surface area contributed by atoms with Crippen molar-refractivity contribution in [2.45, 2.75) is 11.8 Å². The number of hydrogen-bond acceptors (Lipinski definition) is 5. The lowest BCUT2D eigenvalue weighted by molar-refractivity contribution is 0.151. The lowest BCUT2D eigenvalue weighted by Gasteiger charge is -2.33. The molecule has 2 rings (SSSR count). The number of sulfonamides is 1. The largest absolute Gasteiger partial charge is 0.399 e. The van der Waals surface area contributed by atoms with Gasteiger partial charge in [-0.15, -0.1) is 0 Å². The molecule has 1 aliphatic heterocycles. The summed E-state index contributed by atoms with van der Waals surface area (Å²) < 4.78 is 40.5. The van der Waals surface area contributed by atoms with E-state index in [0.29, 0.717) is 19.6 Å². The fourth-order valence-corrected chi connectivity index (χ4v) is 4.02. The third kappa shape index (κ3) is 3.34. The van der Waals surface area contributed by atoms with Gasteiger partial charge in [-0.1, -0.05) is 0 Å². The third-order valence-electron chi connectivity index (χ3n) is 3.61. The zero-order valence-electron chi connectivity index (χ0n) is 11.9. The van der Waals surface area contributed by atoms with Crippen LogP contribution < -0.4 is 5.73 Å². The van der Waals surface area contributed by atoms with Crippen LogP contribution in [0.2, 0.25) is 0 Å². The lowest BCUT2D eigenvalue weighted by Crippen LogP contribution is -2.49. The van der Waals surface area contributed by atoms with E-state index in [4.69, 9.17) is 10.8 Å². The van der Waals surface area contributed by atoms with Gasteiger partial charge in [0.15, 0.2) is 0 Å². The predicted molar refractivity (Wildman–Crippen MR) is 77.8 cm³/mol. The molecule has 1 aromatic rings. The first kappa shape index (κ1) is 16.2. The van der Waals surface area contributed by atoms with E-state index in [2.05, 4.69) is 0 Å². The number of anilines is 1. The quantitative estimate of drug-likeness (QED) is 0.764. The van der Waals surface area contributed by atoms with E-state index in [0.717, 1.165) is 6.07 Å². The Morgan fingerprint density at radius 1 is 1.29 bits per heavy atom. The summed E-state index contributed by atoms with van der Waals surface area (Å²) in [7, 11) is -3.89. The summed E-state index contributed by atoms with van der Waals surface area (Å²) in [6.07, 6.45) is 0. The van der Waals surface area contributed by atoms with Crippen LogP contribution in [0.4, 0.5) is 10.1 Å². The van der Waals surface area contributed by atoms with Crippen LogP contribution >= 0.6 is 0 Å². The van der Waals surface area contributed by atoms with Crippen molar-refractivity contribution in [3.8, 4) is 0 Å². The molecule has 1 saturated heterocycles. The standard InChI is InChI=1S/C13H20FN3O3S/c1-10-8-11(15)9-12(13(10)14)21(19,20)17-4-2-16(3-5-17)6-7-18/h8-9,18H,2-7,15H2,1H3. The van der Waals surface area contributed by atoms with Gasteiger partial charge in [-0.25, -0.2) is 12.8 Å². The number of rotatable bonds is 4. The fourth-order valence-electron chi connectivity index (χ4n) is 2.43. The Morgan fingerprint density at radius 2 is 1.90 bits per heavy atom. The Labute approximate surface area is 124 Å². The first-order valence-corrected chi connectivity index (χ1v) is 8.19. The molecule has 0 spiro atoms. The first-order valence-electron chi connectivity index (χ1n) is 6.75. The van der Waals surface area contributed by atoms with E-state index < -0.39 is 15.8 Å². The van der Waals surface area contributed by atoms with Crippen LogP contribution in [0.3, 0.4) is 0 Å². The van der Waals surface area contributed by atoms with Crippen molar-refractivity contribution in [1.82, 2.24) is 9.21 Å². The molecule has 118 valence electrons. The summed E-state index contributed by atoms with van der Waals surface area (Å²) >= 11 is 0. The van der Waals surface area contributed by atoms with Crippen LogP contribution in [-0.4, -0.2) is 62.1 Å². The predicted octanol–water partition coefficient (Wildman–Crippen LogP) is 0.0149. The highest BCUT2D eigenvalue weighted by molar-refractivity contribution is 7.89. The minimum Gasteiger partial charge on any atom is -0.399 e. The van der Waals surface area contributed by atoms with Gasteiger partial charge in [0.1, 0.15) is 10.7 Å². The second kappa shape index (κ2) is 6.27. The van der Waals surface area contributed by atoms with E-state index in [1.54, 1.807) is 0 Å². The molecule has 0 aromatic heterocycles. The average Bonchev–Trinajstić information content (AvgIpc) is 2.43. The maximum Gasteiger partial charge on any atom is 0.246 e. The monoisotopic (exact) mass is 317 g/mol. The van der Waals surface area contributed by atoms with Crippen molar-refractivity contribution >= 4 is 15.7 Å². The van der Waals surface area contributed by atoms with Crippen molar-refractivity contribution in [3.05, 3.63) is 23.5 Å². The second-order valence-electron chi connectivity index (χ2n) is 5.12. The Morgan fingerprint density at radius 3 is 2.48 bits per heavy atom. The van der Waals surface area contributed by atoms with E-state index in [1.165, 1.54) is 17.3 Å². The van der Waals surface area contributed by atoms with Crippen LogP contribution in [0.1, 0.15) is 5.56 Å². The normalized spacial score (nSPS) is 18.0. The van der Waals surface area contributed by atoms with Gasteiger partial charge < -0.3 is 10.8 Å². The fraction of sp³-hybridized carbons (Fsp3) is 0.538. The molecule has 1 fully saturated rings. The smallest absolute Gasteiger partial charge is 0.246 e. The molecule has 0 amide bonds. The molecule has 1 aliphatic rings. The molecule has 0 atom stereocenters. The highest BCUT2D eigenvalue weighted by Crippen LogP contribution is 2.25. The third-order valence-corrected chi connectivity index (χ3v) is 5.51. The van der Waals surface area contributed by atoms with Gasteiger partial charge in [-0.2, -0.15) is 4.31 Å². The minimum atomic E-state index is -3.89. The molecule has 3 N–H and O–H groups in total. The number of nitrogens with zero attached hydrogens (tertiary/aromatic N) is 2. The van der Waals surface area contributed by atoms with Gasteiger partial charge in [0.25, 0.3) is 0 Å². The Balaban J connectivity index is 2.24. The summed E-state index contributed by atoms with van der Waals surface area (Å²) in [5.74, 6) is -0.748. The zero-order valence-corrected chi connectivity index (χ0v) is 12.7. The van der Waals surface area contributed by atoms with Crippen LogP contribution in [0.25, 0.3) is 0 Å². The summed E-state index contributed by atoms with van der Waals surface area (Å²) in [6.45, 7) is 3.62. The molecule has 1 aromatic carbocycles. The second-order valence-corrected chi connectivity index (χ2v) is 7.03. The van der Waals surface area contributed by atoms with Gasteiger partial charge in [0.05, 0.1) is 6.61 Å². The average molecular weight is 317 g/mol. The summed E-state index contributed by atoms with van der Waals surface area (Å²) in [6, 6.07) is 2.57. The van der Waals surface area contributed by atoms with Gasteiger partial charge in [0.2, 0.25) is 10.0 Å². The Hall–Kier alpha value is -1.22. The highest BCUT2D eigenvalue weighted by atomic mass is 32.2. The number of halogens is 1. The van der Waals surface area contributed by atoms with Gasteiger partial charge in [0, 0.05) is 38.4 Å². The van der Waals surface area contributed by atoms with E-state index in [9.17, 15) is 12.8 Å². The van der Waals surface area contributed by atoms with E-state index in [1.807, 2.05) is 4.90 Å². The summed E-state index contributed by atoms with van der Waals surface area (Å²) in [5, 5.41) is 8.88. The maximum absolute atomic E-state index is 14.1. The van der Waals surface area contributed by atoms with Crippen molar-refractivity contribution in [3.63, 3.8) is 0 Å². The molecule has 0 saturated carbocycles. The number of nitrogens with two attached hydrogens (primary N) is 1. The zero-order chi connectivity index (χ0) is 15.6. The Kier molecular flexibility index (Phi) is 4.82. The summed E-state index contributed by atoms with van der Waals surface area (Å²) in [4.78, 5) is 1.60. The molecular formula is C13H20FN3O3S. The highest BCUT2D eigenvalue weighted by Gasteiger charge is 2.31. The van der Waals surface area contributed by atoms with Gasteiger partial charge in [-0.05, 0) is 24.6 Å². The number of aliphatic hydroxyl groups excluding tert-OH is 1. The number of hydrogen-bond donors (Lipinski definition) is 2. The van der Waals surface area contributed by atoms with Gasteiger partial charge >= 0.3 is 0 Å². The SMILES string of the molecule is Cc1cc(N)cc(S(=O)(=O)N2CCN(CCO)CC2)c1F. The summed E-state index contributed by atoms with van der Waals surface area (Å²) in [5.41, 5.74) is 6.07. The molecule has 8 heteroatoms. The minimum absolute atomic E-state index is 0.0375. The van der Waals surface area contributed by atoms with Crippen molar-refractivity contribution in [2.75, 3.05) is 45.1 Å². The molecule has 0 aliphatic carbocycles. The van der Waals surface area contributed by atoms with Crippen LogP contribution in [-0.2, 0) is 10.0 Å². The number of β-amino-alcohol motifs (C(OH)–C–C–N with tert-alkyl or cyclic N) is 1. The topological polar surface area (TPSA) is 86.9 Å². The number of benzene rings is 1. The van der Waals surface area contributed by atoms with E-state index in [-0.39, 0.29) is 35.8 Å². The van der Waals surface area contributed by atoms with Crippen molar-refractivity contribution in [1.29, 1.82) is 0 Å². The first-order chi connectivity index (χ1) is 9.86. The molecule has 0 unspecified atom stereocenters. The molecule has 6 nitrogen and oxygen atoms in total. The van der Waals surface area contributed by atoms with E-state index >= 15 is 0 Å². The Bertz CT molecular complexity index is 613. The van der Waals surface area contributed by atoms with Crippen molar-refractivity contribution in [2.24, 2.45) is 0 Å². The number of nitrogen functional groups attached to an aromatic ring is 1. The lowest BCUT2D eigenvalue weighted by atomic mass is 10.2. The molecule has 1 heterocycles. The molecular weight excluding hydrogens is 297 g/mol. The van der Waals surface area contributed by atoms with Crippen molar-refractivity contribution < 1.29 is 17.9 Å². The molecule has 0 radical (unpaired) electrons. The number of aliphatic hydroxyl groups is 1. The number of aryl methyl sites for hydroxylation is 1. The van der Waals surface area contributed by atoms with Crippen LogP contribution in [0.15, 0.2) is 17.0 Å². The van der Waals surface area contributed by atoms with Crippen LogP contribution in [0.5, 0.6) is 0 Å². The molecule has 21 heavy (non-hydrogen) atoms. The maximum atomic E-state index is 14.1.